The van der Waals surface area contributed by atoms with Gasteiger partial charge in [-0.05, 0) is 23.6 Å². The Labute approximate surface area is 111 Å². The van der Waals surface area contributed by atoms with Crippen LogP contribution in [0, 0.1) is 0 Å². The van der Waals surface area contributed by atoms with Crippen LogP contribution >= 0.6 is 11.3 Å². The summed E-state index contributed by atoms with van der Waals surface area (Å²) in [5.41, 5.74) is -0.455. The van der Waals surface area contributed by atoms with Crippen LogP contribution in [-0.2, 0) is 0 Å². The Hall–Kier alpha value is -2.47. The Morgan fingerprint density at radius 2 is 2.00 bits per heavy atom. The zero-order valence-corrected chi connectivity index (χ0v) is 10.6. The molecule has 1 N–H and O–H groups in total. The minimum atomic E-state index is -0.545. The number of nitrogens with one attached hydrogen (secondary N) is 1. The number of hydrogen-bond donors (Lipinski definition) is 1. The number of aromatic amines is 1. The molecule has 0 fully saturated rings. The van der Waals surface area contributed by atoms with E-state index < -0.39 is 11.2 Å². The summed E-state index contributed by atoms with van der Waals surface area (Å²) in [6, 6.07) is 10.6. The molecule has 3 rings (SSSR count). The standard InChI is InChI=1S/C13H9N3O2S/c17-12-10-5-1-2-6-11(10)15-13(18)16(12)14-8-9-4-3-7-19-9/h1-8H,(H,15,18). The van der Waals surface area contributed by atoms with Crippen LogP contribution in [0.3, 0.4) is 0 Å². The quantitative estimate of drug-likeness (QED) is 0.720. The molecule has 6 heteroatoms. The fourth-order valence-corrected chi connectivity index (χ4v) is 2.32. The highest BCUT2D eigenvalue weighted by molar-refractivity contribution is 7.11. The number of nitrogens with zero attached hydrogens (tertiary/aromatic N) is 2. The zero-order chi connectivity index (χ0) is 13.2. The van der Waals surface area contributed by atoms with Gasteiger partial charge in [0.25, 0.3) is 5.56 Å². The Kier molecular flexibility index (Phi) is 2.85. The van der Waals surface area contributed by atoms with Crippen molar-refractivity contribution in [3.63, 3.8) is 0 Å². The molecule has 5 nitrogen and oxygen atoms in total. The minimum Gasteiger partial charge on any atom is -0.305 e. The third-order valence-corrected chi connectivity index (χ3v) is 3.43. The second-order valence-corrected chi connectivity index (χ2v) is 4.83. The van der Waals surface area contributed by atoms with Gasteiger partial charge < -0.3 is 4.98 Å². The Bertz CT molecular complexity index is 859. The average molecular weight is 271 g/mol. The highest BCUT2D eigenvalue weighted by atomic mass is 32.1. The van der Waals surface area contributed by atoms with Crippen LogP contribution < -0.4 is 11.2 Å². The molecule has 1 aromatic carbocycles. The van der Waals surface area contributed by atoms with E-state index in [0.717, 1.165) is 9.55 Å². The Balaban J connectivity index is 2.19. The molecule has 2 heterocycles. The van der Waals surface area contributed by atoms with Gasteiger partial charge in [0, 0.05) is 4.88 Å². The number of para-hydroxylation sites is 1. The molecule has 3 aromatic rings. The van der Waals surface area contributed by atoms with Gasteiger partial charge in [0.15, 0.2) is 0 Å². The predicted octanol–water partition coefficient (Wildman–Crippen LogP) is 1.63. The van der Waals surface area contributed by atoms with Crippen LogP contribution in [0.15, 0.2) is 56.5 Å². The van der Waals surface area contributed by atoms with E-state index in [1.54, 1.807) is 24.3 Å². The van der Waals surface area contributed by atoms with Gasteiger partial charge in [-0.25, -0.2) is 4.79 Å². The monoisotopic (exact) mass is 271 g/mol. The van der Waals surface area contributed by atoms with Gasteiger partial charge in [0.2, 0.25) is 0 Å². The van der Waals surface area contributed by atoms with Gasteiger partial charge in [-0.15, -0.1) is 16.0 Å². The molecular formula is C13H9N3O2S. The van der Waals surface area contributed by atoms with Crippen molar-refractivity contribution < 1.29 is 0 Å². The molecule has 94 valence electrons. The molecule has 0 aliphatic heterocycles. The lowest BCUT2D eigenvalue weighted by atomic mass is 10.2. The van der Waals surface area contributed by atoms with E-state index >= 15 is 0 Å². The van der Waals surface area contributed by atoms with Crippen LogP contribution in [0.5, 0.6) is 0 Å². The molecule has 0 spiro atoms. The van der Waals surface area contributed by atoms with Gasteiger partial charge in [0.1, 0.15) is 0 Å². The lowest BCUT2D eigenvalue weighted by Crippen LogP contribution is -2.32. The molecule has 0 amide bonds. The lowest BCUT2D eigenvalue weighted by Gasteiger charge is -1.99. The van der Waals surface area contributed by atoms with E-state index in [0.29, 0.717) is 10.9 Å². The Morgan fingerprint density at radius 1 is 1.16 bits per heavy atom. The van der Waals surface area contributed by atoms with Crippen LogP contribution in [-0.4, -0.2) is 15.9 Å². The van der Waals surface area contributed by atoms with E-state index in [2.05, 4.69) is 10.1 Å². The van der Waals surface area contributed by atoms with Crippen LogP contribution in [0.4, 0.5) is 0 Å². The third-order valence-electron chi connectivity index (χ3n) is 2.63. The number of hydrogen-bond acceptors (Lipinski definition) is 4. The first kappa shape index (κ1) is 11.6. The third kappa shape index (κ3) is 2.13. The first-order valence-electron chi connectivity index (χ1n) is 5.57. The van der Waals surface area contributed by atoms with Crippen molar-refractivity contribution in [3.05, 3.63) is 67.5 Å². The predicted molar refractivity (Wildman–Crippen MR) is 76.1 cm³/mol. The van der Waals surface area contributed by atoms with E-state index in [-0.39, 0.29) is 0 Å². The summed E-state index contributed by atoms with van der Waals surface area (Å²) in [7, 11) is 0. The highest BCUT2D eigenvalue weighted by Crippen LogP contribution is 2.05. The summed E-state index contributed by atoms with van der Waals surface area (Å²) in [5.74, 6) is 0. The van der Waals surface area contributed by atoms with Crippen molar-refractivity contribution in [2.75, 3.05) is 0 Å². The summed E-state index contributed by atoms with van der Waals surface area (Å²) in [5, 5.41) is 6.28. The van der Waals surface area contributed by atoms with Gasteiger partial charge >= 0.3 is 5.69 Å². The largest absolute Gasteiger partial charge is 0.349 e. The first-order chi connectivity index (χ1) is 9.25. The normalized spacial score (nSPS) is 11.4. The maximum Gasteiger partial charge on any atom is 0.349 e. The van der Waals surface area contributed by atoms with Crippen molar-refractivity contribution in [1.82, 2.24) is 9.66 Å². The van der Waals surface area contributed by atoms with Crippen LogP contribution in [0.1, 0.15) is 4.88 Å². The molecule has 0 bridgehead atoms. The van der Waals surface area contributed by atoms with Gasteiger partial charge in [-0.3, -0.25) is 4.79 Å². The molecule has 0 aliphatic carbocycles. The Morgan fingerprint density at radius 3 is 2.79 bits per heavy atom. The molecule has 19 heavy (non-hydrogen) atoms. The molecule has 0 radical (unpaired) electrons. The van der Waals surface area contributed by atoms with Crippen molar-refractivity contribution in [2.24, 2.45) is 5.10 Å². The molecule has 0 saturated heterocycles. The van der Waals surface area contributed by atoms with Crippen molar-refractivity contribution in [2.45, 2.75) is 0 Å². The molecule has 0 saturated carbocycles. The number of H-pyrrole nitrogens is 1. The molecule has 2 aromatic heterocycles. The minimum absolute atomic E-state index is 0.424. The van der Waals surface area contributed by atoms with Crippen molar-refractivity contribution in [1.29, 1.82) is 0 Å². The van der Waals surface area contributed by atoms with Gasteiger partial charge in [-0.2, -0.15) is 5.10 Å². The summed E-state index contributed by atoms with van der Waals surface area (Å²) in [4.78, 5) is 27.5. The van der Waals surface area contributed by atoms with Gasteiger partial charge in [0.05, 0.1) is 17.1 Å². The second kappa shape index (κ2) is 4.66. The SMILES string of the molecule is O=c1[nH]c2ccccc2c(=O)n1N=Cc1cccs1. The number of thiophene rings is 1. The van der Waals surface area contributed by atoms with E-state index in [4.69, 9.17) is 0 Å². The topological polar surface area (TPSA) is 67.2 Å². The van der Waals surface area contributed by atoms with E-state index in [9.17, 15) is 9.59 Å². The number of fused-ring (bicyclic) bond motifs is 1. The molecule has 0 aliphatic rings. The summed E-state index contributed by atoms with van der Waals surface area (Å²) in [6.45, 7) is 0. The molecular weight excluding hydrogens is 262 g/mol. The highest BCUT2D eigenvalue weighted by Gasteiger charge is 2.05. The number of aromatic nitrogens is 2. The molecule has 0 unspecified atom stereocenters. The number of rotatable bonds is 2. The number of benzene rings is 1. The fourth-order valence-electron chi connectivity index (χ4n) is 1.74. The van der Waals surface area contributed by atoms with Crippen molar-refractivity contribution in [3.8, 4) is 0 Å². The van der Waals surface area contributed by atoms with Crippen molar-refractivity contribution >= 4 is 28.5 Å². The van der Waals surface area contributed by atoms with Crippen LogP contribution in [0.25, 0.3) is 10.9 Å². The summed E-state index contributed by atoms with van der Waals surface area (Å²) < 4.78 is 0.835. The lowest BCUT2D eigenvalue weighted by molar-refractivity contribution is 0.771. The van der Waals surface area contributed by atoms with E-state index in [1.807, 2.05) is 17.5 Å². The van der Waals surface area contributed by atoms with Gasteiger partial charge in [-0.1, -0.05) is 18.2 Å². The van der Waals surface area contributed by atoms with E-state index in [1.165, 1.54) is 17.6 Å². The summed E-state index contributed by atoms with van der Waals surface area (Å²) in [6.07, 6.45) is 1.50. The first-order valence-corrected chi connectivity index (χ1v) is 6.45. The maximum atomic E-state index is 12.1. The fraction of sp³-hybridized carbons (Fsp3) is 0. The van der Waals surface area contributed by atoms with Crippen LogP contribution in [0.2, 0.25) is 0 Å². The smallest absolute Gasteiger partial charge is 0.305 e. The molecule has 0 atom stereocenters. The average Bonchev–Trinajstić information content (AvgIpc) is 2.92. The zero-order valence-electron chi connectivity index (χ0n) is 9.74. The second-order valence-electron chi connectivity index (χ2n) is 3.85. The summed E-state index contributed by atoms with van der Waals surface area (Å²) >= 11 is 1.48. The maximum absolute atomic E-state index is 12.1.